The Bertz CT molecular complexity index is 360. The smallest absolute Gasteiger partial charge is 0.0766 e. The van der Waals surface area contributed by atoms with Crippen molar-refractivity contribution in [3.05, 3.63) is 15.9 Å². The lowest BCUT2D eigenvalue weighted by atomic mass is 9.94. The number of hydrogen-bond acceptors (Lipinski definition) is 2. The minimum Gasteiger partial charge on any atom is -0.327 e. The van der Waals surface area contributed by atoms with E-state index in [2.05, 4.69) is 41.8 Å². The van der Waals surface area contributed by atoms with Gasteiger partial charge in [0.2, 0.25) is 0 Å². The SMILES string of the molecule is CCCC(C)C(N)Cc1c(Br)c(CC)nn1C. The van der Waals surface area contributed by atoms with E-state index in [4.69, 9.17) is 5.73 Å². The molecule has 1 aromatic rings. The third-order valence-corrected chi connectivity index (χ3v) is 4.32. The molecule has 17 heavy (non-hydrogen) atoms. The zero-order valence-corrected chi connectivity index (χ0v) is 12.9. The van der Waals surface area contributed by atoms with Crippen LogP contribution in [-0.2, 0) is 19.9 Å². The predicted octanol–water partition coefficient (Wildman–Crippen LogP) is 3.05. The van der Waals surface area contributed by atoms with Crippen molar-refractivity contribution in [2.24, 2.45) is 18.7 Å². The number of hydrogen-bond donors (Lipinski definition) is 1. The van der Waals surface area contributed by atoms with Gasteiger partial charge in [-0.3, -0.25) is 4.68 Å². The number of nitrogens with zero attached hydrogens (tertiary/aromatic N) is 2. The number of nitrogens with two attached hydrogens (primary N) is 1. The highest BCUT2D eigenvalue weighted by atomic mass is 79.9. The maximum atomic E-state index is 6.26. The molecule has 1 heterocycles. The van der Waals surface area contributed by atoms with Crippen LogP contribution in [0.1, 0.15) is 45.0 Å². The molecule has 1 aromatic heterocycles. The first-order valence-corrected chi connectivity index (χ1v) is 7.26. The van der Waals surface area contributed by atoms with Gasteiger partial charge in [0, 0.05) is 19.5 Å². The van der Waals surface area contributed by atoms with Crippen molar-refractivity contribution in [1.29, 1.82) is 0 Å². The van der Waals surface area contributed by atoms with Crippen LogP contribution in [0.2, 0.25) is 0 Å². The van der Waals surface area contributed by atoms with Crippen LogP contribution in [0, 0.1) is 5.92 Å². The van der Waals surface area contributed by atoms with Crippen molar-refractivity contribution >= 4 is 15.9 Å². The largest absolute Gasteiger partial charge is 0.327 e. The molecule has 0 radical (unpaired) electrons. The van der Waals surface area contributed by atoms with Gasteiger partial charge in [-0.2, -0.15) is 5.10 Å². The Kier molecular flexibility index (Phi) is 5.67. The summed E-state index contributed by atoms with van der Waals surface area (Å²) in [5.74, 6) is 0.562. The Hall–Kier alpha value is -0.350. The fourth-order valence-corrected chi connectivity index (χ4v) is 2.91. The second kappa shape index (κ2) is 6.55. The first-order chi connectivity index (χ1) is 8.01. The normalized spacial score (nSPS) is 14.9. The summed E-state index contributed by atoms with van der Waals surface area (Å²) < 4.78 is 3.10. The lowest BCUT2D eigenvalue weighted by molar-refractivity contribution is 0.412. The van der Waals surface area contributed by atoms with Crippen LogP contribution in [0.15, 0.2) is 4.47 Å². The molecule has 4 heteroatoms. The van der Waals surface area contributed by atoms with Crippen LogP contribution in [0.5, 0.6) is 0 Å². The van der Waals surface area contributed by atoms with Crippen LogP contribution in [0.25, 0.3) is 0 Å². The van der Waals surface area contributed by atoms with Gasteiger partial charge in [-0.15, -0.1) is 0 Å². The fraction of sp³-hybridized carbons (Fsp3) is 0.769. The Morgan fingerprint density at radius 2 is 2.06 bits per heavy atom. The topological polar surface area (TPSA) is 43.8 Å². The molecule has 98 valence electrons. The van der Waals surface area contributed by atoms with Gasteiger partial charge in [-0.1, -0.05) is 27.2 Å². The van der Waals surface area contributed by atoms with Crippen molar-refractivity contribution in [3.63, 3.8) is 0 Å². The van der Waals surface area contributed by atoms with Crippen molar-refractivity contribution in [3.8, 4) is 0 Å². The van der Waals surface area contributed by atoms with E-state index in [1.807, 2.05) is 11.7 Å². The quantitative estimate of drug-likeness (QED) is 0.877. The first-order valence-electron chi connectivity index (χ1n) is 6.47. The Morgan fingerprint density at radius 1 is 1.41 bits per heavy atom. The van der Waals surface area contributed by atoms with Crippen LogP contribution >= 0.6 is 15.9 Å². The summed E-state index contributed by atoms with van der Waals surface area (Å²) in [5, 5.41) is 4.50. The highest BCUT2D eigenvalue weighted by molar-refractivity contribution is 9.10. The molecule has 0 fully saturated rings. The van der Waals surface area contributed by atoms with Crippen LogP contribution in [0.3, 0.4) is 0 Å². The molecule has 2 N–H and O–H groups in total. The second-order valence-corrected chi connectivity index (χ2v) is 5.61. The van der Waals surface area contributed by atoms with Gasteiger partial charge in [0.05, 0.1) is 15.9 Å². The molecule has 0 saturated carbocycles. The molecular weight excluding hydrogens is 278 g/mol. The molecule has 0 aromatic carbocycles. The molecule has 2 atom stereocenters. The standard InChI is InChI=1S/C13H24BrN3/c1-5-7-9(3)10(15)8-12-13(14)11(6-2)16-17(12)4/h9-10H,5-8,15H2,1-4H3. The minimum absolute atomic E-state index is 0.214. The van der Waals surface area contributed by atoms with Crippen LogP contribution in [-0.4, -0.2) is 15.8 Å². The lowest BCUT2D eigenvalue weighted by Gasteiger charge is -2.19. The van der Waals surface area contributed by atoms with E-state index in [-0.39, 0.29) is 6.04 Å². The van der Waals surface area contributed by atoms with E-state index >= 15 is 0 Å². The molecule has 3 nitrogen and oxygen atoms in total. The summed E-state index contributed by atoms with van der Waals surface area (Å²) in [7, 11) is 2.00. The molecule has 0 aliphatic heterocycles. The van der Waals surface area contributed by atoms with Crippen molar-refractivity contribution in [2.45, 2.75) is 52.5 Å². The lowest BCUT2D eigenvalue weighted by Crippen LogP contribution is -2.31. The van der Waals surface area contributed by atoms with Gasteiger partial charge in [0.25, 0.3) is 0 Å². The van der Waals surface area contributed by atoms with Gasteiger partial charge in [-0.05, 0) is 34.7 Å². The van der Waals surface area contributed by atoms with Crippen LogP contribution < -0.4 is 5.73 Å². The zero-order valence-electron chi connectivity index (χ0n) is 11.3. The minimum atomic E-state index is 0.214. The summed E-state index contributed by atoms with van der Waals surface area (Å²) in [5.41, 5.74) is 8.60. The molecule has 1 rings (SSSR count). The van der Waals surface area contributed by atoms with E-state index in [9.17, 15) is 0 Å². The first kappa shape index (κ1) is 14.7. The van der Waals surface area contributed by atoms with Crippen molar-refractivity contribution < 1.29 is 0 Å². The van der Waals surface area contributed by atoms with Gasteiger partial charge >= 0.3 is 0 Å². The summed E-state index contributed by atoms with van der Waals surface area (Å²) in [6.07, 6.45) is 4.23. The number of rotatable bonds is 6. The zero-order chi connectivity index (χ0) is 13.0. The summed E-state index contributed by atoms with van der Waals surface area (Å²) in [6, 6.07) is 0.214. The summed E-state index contributed by atoms with van der Waals surface area (Å²) in [4.78, 5) is 0. The van der Waals surface area contributed by atoms with E-state index in [1.165, 1.54) is 18.5 Å². The number of halogens is 1. The van der Waals surface area contributed by atoms with Gasteiger partial charge in [0.1, 0.15) is 0 Å². The monoisotopic (exact) mass is 301 g/mol. The van der Waals surface area contributed by atoms with E-state index in [0.717, 1.165) is 23.0 Å². The van der Waals surface area contributed by atoms with Crippen molar-refractivity contribution in [1.82, 2.24) is 9.78 Å². The highest BCUT2D eigenvalue weighted by Gasteiger charge is 2.18. The average Bonchev–Trinajstić information content (AvgIpc) is 2.56. The molecule has 0 amide bonds. The second-order valence-electron chi connectivity index (χ2n) is 4.82. The Labute approximate surface area is 113 Å². The van der Waals surface area contributed by atoms with Gasteiger partial charge < -0.3 is 5.73 Å². The summed E-state index contributed by atoms with van der Waals surface area (Å²) >= 11 is 3.64. The summed E-state index contributed by atoms with van der Waals surface area (Å²) in [6.45, 7) is 6.56. The average molecular weight is 302 g/mol. The van der Waals surface area contributed by atoms with E-state index < -0.39 is 0 Å². The third kappa shape index (κ3) is 3.55. The maximum absolute atomic E-state index is 6.26. The van der Waals surface area contributed by atoms with E-state index in [1.54, 1.807) is 0 Å². The Balaban J connectivity index is 2.77. The van der Waals surface area contributed by atoms with Gasteiger partial charge in [-0.25, -0.2) is 0 Å². The third-order valence-electron chi connectivity index (χ3n) is 3.41. The predicted molar refractivity (Wildman–Crippen MR) is 76.0 cm³/mol. The maximum Gasteiger partial charge on any atom is 0.0766 e. The molecule has 2 unspecified atom stereocenters. The molecule has 0 spiro atoms. The molecule has 0 aliphatic carbocycles. The molecule has 0 bridgehead atoms. The Morgan fingerprint density at radius 3 is 2.53 bits per heavy atom. The van der Waals surface area contributed by atoms with Gasteiger partial charge in [0.15, 0.2) is 0 Å². The van der Waals surface area contributed by atoms with Crippen molar-refractivity contribution in [2.75, 3.05) is 0 Å². The number of aromatic nitrogens is 2. The highest BCUT2D eigenvalue weighted by Crippen LogP contribution is 2.24. The molecule has 0 saturated heterocycles. The number of aryl methyl sites for hydroxylation is 2. The molecule has 0 aliphatic rings. The molecular formula is C13H24BrN3. The van der Waals surface area contributed by atoms with Crippen LogP contribution in [0.4, 0.5) is 0 Å². The van der Waals surface area contributed by atoms with E-state index in [0.29, 0.717) is 5.92 Å². The fourth-order valence-electron chi connectivity index (χ4n) is 2.14.